The minimum Gasteiger partial charge on any atom is -0.504 e. The number of allylic oxidation sites excluding steroid dienone is 2. The highest BCUT2D eigenvalue weighted by atomic mass is 16.5. The number of aliphatic carboxylic acids is 1. The number of methoxy groups -OCH3 is 1. The van der Waals surface area contributed by atoms with Crippen LogP contribution in [0.5, 0.6) is 11.5 Å². The number of ether oxygens (including phenoxy) is 1. The Bertz CT molecular complexity index is 625. The van der Waals surface area contributed by atoms with Crippen LogP contribution in [0.25, 0.3) is 0 Å². The van der Waals surface area contributed by atoms with Gasteiger partial charge in [0, 0.05) is 13.0 Å². The smallest absolute Gasteiger partial charge is 0.332 e. The van der Waals surface area contributed by atoms with E-state index in [1.54, 1.807) is 18.2 Å². The topological polar surface area (TPSA) is 116 Å². The minimum absolute atomic E-state index is 0.0554. The van der Waals surface area contributed by atoms with Gasteiger partial charge in [-0.1, -0.05) is 32.1 Å². The summed E-state index contributed by atoms with van der Waals surface area (Å²) in [5, 5.41) is 28.2. The second-order valence-electron chi connectivity index (χ2n) is 6.72. The van der Waals surface area contributed by atoms with Crippen molar-refractivity contribution in [2.45, 2.75) is 59.1 Å². The van der Waals surface area contributed by atoms with Gasteiger partial charge in [0.2, 0.25) is 5.91 Å². The van der Waals surface area contributed by atoms with Crippen molar-refractivity contribution in [1.29, 1.82) is 0 Å². The number of benzene rings is 1. The number of aliphatic hydroxyl groups excluding tert-OH is 1. The second kappa shape index (κ2) is 14.5. The van der Waals surface area contributed by atoms with Crippen LogP contribution in [-0.2, 0) is 16.1 Å². The lowest BCUT2D eigenvalue weighted by atomic mass is 10.1. The van der Waals surface area contributed by atoms with Gasteiger partial charge in [0.25, 0.3) is 0 Å². The lowest BCUT2D eigenvalue weighted by molar-refractivity contribution is -0.145. The van der Waals surface area contributed by atoms with Gasteiger partial charge < -0.3 is 25.4 Å². The fourth-order valence-electron chi connectivity index (χ4n) is 2.04. The molecule has 158 valence electrons. The summed E-state index contributed by atoms with van der Waals surface area (Å²) in [5.74, 6) is -0.0174. The van der Waals surface area contributed by atoms with Gasteiger partial charge in [-0.2, -0.15) is 0 Å². The van der Waals surface area contributed by atoms with Crippen LogP contribution in [0.1, 0.15) is 52.0 Å². The monoisotopic (exact) mass is 395 g/mol. The number of hydrogen-bond donors (Lipinski definition) is 4. The van der Waals surface area contributed by atoms with E-state index in [1.807, 2.05) is 0 Å². The molecule has 0 fully saturated rings. The van der Waals surface area contributed by atoms with Gasteiger partial charge in [0.1, 0.15) is 6.10 Å². The molecule has 0 aromatic heterocycles. The van der Waals surface area contributed by atoms with Gasteiger partial charge in [-0.3, -0.25) is 4.79 Å². The average molecular weight is 395 g/mol. The van der Waals surface area contributed by atoms with E-state index in [0.717, 1.165) is 24.8 Å². The van der Waals surface area contributed by atoms with E-state index in [0.29, 0.717) is 24.6 Å². The summed E-state index contributed by atoms with van der Waals surface area (Å²) in [7, 11) is 1.51. The number of carboxylic acids is 1. The van der Waals surface area contributed by atoms with Gasteiger partial charge in [0.15, 0.2) is 11.5 Å². The molecule has 0 heterocycles. The van der Waals surface area contributed by atoms with E-state index in [4.69, 9.17) is 14.9 Å². The molecule has 1 amide bonds. The van der Waals surface area contributed by atoms with Gasteiger partial charge in [-0.25, -0.2) is 4.79 Å². The summed E-state index contributed by atoms with van der Waals surface area (Å²) in [5.41, 5.74) is 0.905. The fraction of sp³-hybridized carbons (Fsp3) is 0.524. The number of carbonyl (C=O) groups excluding carboxylic acids is 1. The molecule has 7 heteroatoms. The summed E-state index contributed by atoms with van der Waals surface area (Å²) in [6.45, 7) is 5.95. The molecule has 0 aliphatic rings. The number of aliphatic hydroxyl groups is 1. The van der Waals surface area contributed by atoms with E-state index < -0.39 is 12.1 Å². The Morgan fingerprint density at radius 1 is 1.21 bits per heavy atom. The maximum Gasteiger partial charge on any atom is 0.332 e. The molecule has 4 N–H and O–H groups in total. The molecular weight excluding hydrogens is 362 g/mol. The van der Waals surface area contributed by atoms with Gasteiger partial charge in [-0.15, -0.1) is 0 Å². The molecule has 0 bridgehead atoms. The molecule has 0 saturated heterocycles. The minimum atomic E-state index is -1.23. The van der Waals surface area contributed by atoms with E-state index in [-0.39, 0.29) is 11.7 Å². The number of phenolic OH excluding ortho intramolecular Hbond substituents is 1. The Kier molecular flexibility index (Phi) is 13.2. The highest BCUT2D eigenvalue weighted by Crippen LogP contribution is 2.26. The van der Waals surface area contributed by atoms with E-state index in [1.165, 1.54) is 14.0 Å². The first-order chi connectivity index (χ1) is 13.2. The van der Waals surface area contributed by atoms with Crippen molar-refractivity contribution < 1.29 is 29.6 Å². The van der Waals surface area contributed by atoms with E-state index in [2.05, 4.69) is 31.3 Å². The van der Waals surface area contributed by atoms with Crippen molar-refractivity contribution in [2.75, 3.05) is 7.11 Å². The molecule has 1 aromatic carbocycles. The zero-order valence-electron chi connectivity index (χ0n) is 17.1. The number of carboxylic acid groups (broad SMARTS) is 1. The molecule has 28 heavy (non-hydrogen) atoms. The predicted molar refractivity (Wildman–Crippen MR) is 108 cm³/mol. The van der Waals surface area contributed by atoms with Crippen molar-refractivity contribution in [1.82, 2.24) is 5.32 Å². The first kappa shape index (κ1) is 25.5. The summed E-state index contributed by atoms with van der Waals surface area (Å²) >= 11 is 0. The number of rotatable bonds is 10. The van der Waals surface area contributed by atoms with Crippen LogP contribution in [0.3, 0.4) is 0 Å². The summed E-state index contributed by atoms with van der Waals surface area (Å²) < 4.78 is 5.04. The highest BCUT2D eigenvalue weighted by Gasteiger charge is 2.05. The number of hydrogen-bond acceptors (Lipinski definition) is 5. The zero-order chi connectivity index (χ0) is 21.5. The Morgan fingerprint density at radius 3 is 2.39 bits per heavy atom. The summed E-state index contributed by atoms with van der Waals surface area (Å²) in [4.78, 5) is 21.2. The van der Waals surface area contributed by atoms with Crippen LogP contribution < -0.4 is 10.1 Å². The first-order valence-corrected chi connectivity index (χ1v) is 9.37. The average Bonchev–Trinajstić information content (AvgIpc) is 2.64. The molecule has 0 spiro atoms. The van der Waals surface area contributed by atoms with E-state index >= 15 is 0 Å². The Morgan fingerprint density at radius 2 is 1.86 bits per heavy atom. The van der Waals surface area contributed by atoms with Crippen LogP contribution in [-0.4, -0.2) is 40.4 Å². The molecule has 7 nitrogen and oxygen atoms in total. The van der Waals surface area contributed by atoms with Crippen LogP contribution in [0, 0.1) is 5.92 Å². The van der Waals surface area contributed by atoms with Gasteiger partial charge in [0.05, 0.1) is 7.11 Å². The third-order valence-electron chi connectivity index (χ3n) is 3.64. The Balaban J connectivity index is 0.00000105. The molecule has 0 aliphatic carbocycles. The van der Waals surface area contributed by atoms with Crippen LogP contribution >= 0.6 is 0 Å². The molecular formula is C21H33NO6. The summed E-state index contributed by atoms with van der Waals surface area (Å²) in [6, 6.07) is 5.07. The molecule has 1 unspecified atom stereocenters. The SMILES string of the molecule is CC(O)C(=O)O.COc1cc(CNC(=O)CCCC/C=C/C(C)C)ccc1O. The number of aromatic hydroxyl groups is 1. The molecule has 0 saturated carbocycles. The number of carbonyl (C=O) groups is 2. The third kappa shape index (κ3) is 12.8. The molecule has 1 aromatic rings. The normalized spacial score (nSPS) is 11.6. The zero-order valence-corrected chi connectivity index (χ0v) is 17.1. The standard InChI is InChI=1S/C18H27NO3.C3H6O3/c1-14(2)8-6-4-5-7-9-18(21)19-13-15-10-11-16(20)17(12-15)22-3;1-2(4)3(5)6/h6,8,10-12,14,20H,4-5,7,9,13H2,1-3H3,(H,19,21);2,4H,1H3,(H,5,6)/b8-6+;. The largest absolute Gasteiger partial charge is 0.504 e. The Hall–Kier alpha value is -2.54. The highest BCUT2D eigenvalue weighted by molar-refractivity contribution is 5.75. The molecule has 0 aliphatic heterocycles. The summed E-state index contributed by atoms with van der Waals surface area (Å²) in [6.07, 6.45) is 6.65. The number of unbranched alkanes of at least 4 members (excludes halogenated alkanes) is 2. The van der Waals surface area contributed by atoms with Crippen LogP contribution in [0.2, 0.25) is 0 Å². The molecule has 1 rings (SSSR count). The fourth-order valence-corrected chi connectivity index (χ4v) is 2.04. The maximum absolute atomic E-state index is 11.8. The van der Waals surface area contributed by atoms with Crippen LogP contribution in [0.15, 0.2) is 30.4 Å². The van der Waals surface area contributed by atoms with Gasteiger partial charge in [-0.05, 0) is 49.8 Å². The van der Waals surface area contributed by atoms with Crippen molar-refractivity contribution in [3.63, 3.8) is 0 Å². The van der Waals surface area contributed by atoms with E-state index in [9.17, 15) is 14.7 Å². The number of amides is 1. The second-order valence-corrected chi connectivity index (χ2v) is 6.72. The lowest BCUT2D eigenvalue weighted by Crippen LogP contribution is -2.22. The van der Waals surface area contributed by atoms with Crippen molar-refractivity contribution in [2.24, 2.45) is 5.92 Å². The van der Waals surface area contributed by atoms with Crippen LogP contribution in [0.4, 0.5) is 0 Å². The van der Waals surface area contributed by atoms with Crippen molar-refractivity contribution >= 4 is 11.9 Å². The predicted octanol–water partition coefficient (Wildman–Crippen LogP) is 3.24. The molecule has 0 radical (unpaired) electrons. The third-order valence-corrected chi connectivity index (χ3v) is 3.64. The molecule has 1 atom stereocenters. The number of nitrogens with one attached hydrogen (secondary N) is 1. The quantitative estimate of drug-likeness (QED) is 0.357. The maximum atomic E-state index is 11.8. The van der Waals surface area contributed by atoms with Crippen molar-refractivity contribution in [3.8, 4) is 11.5 Å². The lowest BCUT2D eigenvalue weighted by Gasteiger charge is -2.08. The van der Waals surface area contributed by atoms with Crippen molar-refractivity contribution in [3.05, 3.63) is 35.9 Å². The Labute approximate surface area is 167 Å². The van der Waals surface area contributed by atoms with Gasteiger partial charge >= 0.3 is 5.97 Å². The number of phenols is 1. The first-order valence-electron chi connectivity index (χ1n) is 9.37.